The van der Waals surface area contributed by atoms with Gasteiger partial charge >= 0.3 is 5.97 Å². The number of carbonyl (C=O) groups is 4. The van der Waals surface area contributed by atoms with E-state index in [2.05, 4.69) is 5.32 Å². The van der Waals surface area contributed by atoms with Crippen LogP contribution in [0, 0.1) is 17.5 Å². The number of nitrogens with one attached hydrogen (secondary N) is 2. The lowest BCUT2D eigenvalue weighted by molar-refractivity contribution is -0.126. The van der Waals surface area contributed by atoms with Crippen LogP contribution in [-0.2, 0) is 14.3 Å². The smallest absolute Gasteiger partial charge is 0.338 e. The van der Waals surface area contributed by atoms with Crippen LogP contribution in [0.15, 0.2) is 36.4 Å². The largest absolute Gasteiger partial charge is 0.452 e. The van der Waals surface area contributed by atoms with Gasteiger partial charge in [0.2, 0.25) is 11.8 Å². The Balaban J connectivity index is 1.79. The average molecular weight is 409 g/mol. The van der Waals surface area contributed by atoms with E-state index in [0.29, 0.717) is 6.07 Å². The fourth-order valence-electron chi connectivity index (χ4n) is 2.03. The van der Waals surface area contributed by atoms with E-state index >= 15 is 0 Å². The predicted octanol–water partition coefficient (Wildman–Crippen LogP) is 1.11. The van der Waals surface area contributed by atoms with E-state index in [0.717, 1.165) is 6.07 Å². The van der Waals surface area contributed by atoms with Crippen LogP contribution in [0.4, 0.5) is 18.9 Å². The fourth-order valence-corrected chi connectivity index (χ4v) is 2.03. The lowest BCUT2D eigenvalue weighted by Gasteiger charge is -2.09. The SMILES string of the molecule is NC(=O)c1ccc(C(=O)OCC(=O)NCC(=O)Nc2ccc(F)c(F)c2F)cc1. The van der Waals surface area contributed by atoms with Crippen molar-refractivity contribution in [2.45, 2.75) is 0 Å². The molecule has 29 heavy (non-hydrogen) atoms. The number of esters is 1. The molecule has 0 aliphatic heterocycles. The summed E-state index contributed by atoms with van der Waals surface area (Å²) in [6.45, 7) is -1.36. The number of amides is 3. The third-order valence-corrected chi connectivity index (χ3v) is 3.49. The van der Waals surface area contributed by atoms with Gasteiger partial charge in [0.05, 0.1) is 17.8 Å². The minimum absolute atomic E-state index is 0.0642. The van der Waals surface area contributed by atoms with Gasteiger partial charge in [-0.25, -0.2) is 18.0 Å². The lowest BCUT2D eigenvalue weighted by atomic mass is 10.1. The summed E-state index contributed by atoms with van der Waals surface area (Å²) in [7, 11) is 0. The van der Waals surface area contributed by atoms with Gasteiger partial charge in [0.25, 0.3) is 5.91 Å². The Labute approximate surface area is 161 Å². The summed E-state index contributed by atoms with van der Waals surface area (Å²) < 4.78 is 44.1. The minimum atomic E-state index is -1.75. The van der Waals surface area contributed by atoms with Gasteiger partial charge in [0, 0.05) is 5.56 Å². The lowest BCUT2D eigenvalue weighted by Crippen LogP contribution is -2.35. The second-order valence-corrected chi connectivity index (χ2v) is 5.57. The van der Waals surface area contributed by atoms with Crippen LogP contribution < -0.4 is 16.4 Å². The van der Waals surface area contributed by atoms with Crippen LogP contribution in [0.5, 0.6) is 0 Å². The van der Waals surface area contributed by atoms with Gasteiger partial charge in [-0.05, 0) is 36.4 Å². The number of benzene rings is 2. The summed E-state index contributed by atoms with van der Waals surface area (Å²) in [5.74, 6) is -8.04. The molecule has 2 aromatic rings. The van der Waals surface area contributed by atoms with Gasteiger partial charge in [-0.15, -0.1) is 0 Å². The van der Waals surface area contributed by atoms with Crippen LogP contribution in [0.25, 0.3) is 0 Å². The summed E-state index contributed by atoms with van der Waals surface area (Å²) in [6.07, 6.45) is 0. The molecule has 2 aromatic carbocycles. The van der Waals surface area contributed by atoms with E-state index in [1.165, 1.54) is 24.3 Å². The number of rotatable bonds is 7. The monoisotopic (exact) mass is 409 g/mol. The van der Waals surface area contributed by atoms with Crippen molar-refractivity contribution in [3.05, 3.63) is 65.0 Å². The molecule has 0 aliphatic rings. The van der Waals surface area contributed by atoms with Crippen molar-refractivity contribution in [3.8, 4) is 0 Å². The molecule has 3 amide bonds. The highest BCUT2D eigenvalue weighted by Gasteiger charge is 2.16. The number of hydrogen-bond donors (Lipinski definition) is 3. The fraction of sp³-hybridized carbons (Fsp3) is 0.111. The van der Waals surface area contributed by atoms with Crippen molar-refractivity contribution in [1.82, 2.24) is 5.32 Å². The Morgan fingerprint density at radius 2 is 1.48 bits per heavy atom. The van der Waals surface area contributed by atoms with E-state index in [1.54, 1.807) is 0 Å². The first kappa shape index (κ1) is 21.4. The summed E-state index contributed by atoms with van der Waals surface area (Å²) in [4.78, 5) is 46.0. The Morgan fingerprint density at radius 1 is 0.862 bits per heavy atom. The Hall–Kier alpha value is -3.89. The molecule has 0 bridgehead atoms. The highest BCUT2D eigenvalue weighted by atomic mass is 19.2. The quantitative estimate of drug-likeness (QED) is 0.466. The van der Waals surface area contributed by atoms with E-state index in [4.69, 9.17) is 10.5 Å². The number of halogens is 3. The van der Waals surface area contributed by atoms with E-state index in [1.807, 2.05) is 5.32 Å². The first-order valence-electron chi connectivity index (χ1n) is 7.96. The third kappa shape index (κ3) is 5.79. The predicted molar refractivity (Wildman–Crippen MR) is 93.2 cm³/mol. The summed E-state index contributed by atoms with van der Waals surface area (Å²) in [6, 6.07) is 6.62. The molecule has 0 saturated carbocycles. The Bertz CT molecular complexity index is 964. The molecule has 0 radical (unpaired) electrons. The van der Waals surface area contributed by atoms with Gasteiger partial charge < -0.3 is 21.1 Å². The molecule has 4 N–H and O–H groups in total. The molecule has 0 spiro atoms. The molecule has 2 rings (SSSR count). The summed E-state index contributed by atoms with van der Waals surface area (Å²) >= 11 is 0. The van der Waals surface area contributed by atoms with Crippen LogP contribution >= 0.6 is 0 Å². The third-order valence-electron chi connectivity index (χ3n) is 3.49. The van der Waals surface area contributed by atoms with Crippen LogP contribution in [0.1, 0.15) is 20.7 Å². The first-order chi connectivity index (χ1) is 13.7. The van der Waals surface area contributed by atoms with Gasteiger partial charge in [0.1, 0.15) is 0 Å². The number of primary amides is 1. The topological polar surface area (TPSA) is 128 Å². The molecule has 0 unspecified atom stereocenters. The summed E-state index contributed by atoms with van der Waals surface area (Å²) in [5, 5.41) is 4.06. The van der Waals surface area contributed by atoms with Crippen molar-refractivity contribution in [3.63, 3.8) is 0 Å². The van der Waals surface area contributed by atoms with Gasteiger partial charge in [-0.1, -0.05) is 0 Å². The zero-order valence-corrected chi connectivity index (χ0v) is 14.6. The highest BCUT2D eigenvalue weighted by Crippen LogP contribution is 2.19. The molecular formula is C18H14F3N3O5. The van der Waals surface area contributed by atoms with Crippen molar-refractivity contribution in [1.29, 1.82) is 0 Å². The molecule has 0 aliphatic carbocycles. The Morgan fingerprint density at radius 3 is 2.10 bits per heavy atom. The molecule has 152 valence electrons. The zero-order chi connectivity index (χ0) is 21.6. The van der Waals surface area contributed by atoms with Crippen LogP contribution in [-0.4, -0.2) is 36.8 Å². The highest BCUT2D eigenvalue weighted by molar-refractivity contribution is 5.97. The maximum Gasteiger partial charge on any atom is 0.338 e. The second-order valence-electron chi connectivity index (χ2n) is 5.57. The van der Waals surface area contributed by atoms with Crippen molar-refractivity contribution in [2.75, 3.05) is 18.5 Å². The van der Waals surface area contributed by atoms with Crippen LogP contribution in [0.3, 0.4) is 0 Å². The number of nitrogens with two attached hydrogens (primary N) is 1. The molecule has 0 fully saturated rings. The molecular weight excluding hydrogens is 395 g/mol. The number of anilines is 1. The molecule has 0 saturated heterocycles. The second kappa shape index (κ2) is 9.35. The normalized spacial score (nSPS) is 10.2. The minimum Gasteiger partial charge on any atom is -0.452 e. The zero-order valence-electron chi connectivity index (χ0n) is 14.6. The number of hydrogen-bond acceptors (Lipinski definition) is 5. The van der Waals surface area contributed by atoms with Crippen molar-refractivity contribution in [2.24, 2.45) is 5.73 Å². The standard InChI is InChI=1S/C18H14F3N3O5/c19-11-5-6-12(16(21)15(11)20)24-13(25)7-23-14(26)8-29-18(28)10-3-1-9(2-4-10)17(22)27/h1-6H,7-8H2,(H2,22,27)(H,23,26)(H,24,25). The molecule has 11 heteroatoms. The average Bonchev–Trinajstić information content (AvgIpc) is 2.71. The molecule has 0 atom stereocenters. The van der Waals surface area contributed by atoms with Crippen molar-refractivity contribution >= 4 is 29.4 Å². The van der Waals surface area contributed by atoms with Gasteiger partial charge in [0.15, 0.2) is 24.1 Å². The summed E-state index contributed by atoms with van der Waals surface area (Å²) in [5.41, 5.74) is 4.71. The van der Waals surface area contributed by atoms with Crippen molar-refractivity contribution < 1.29 is 37.1 Å². The van der Waals surface area contributed by atoms with E-state index in [-0.39, 0.29) is 11.1 Å². The van der Waals surface area contributed by atoms with Gasteiger partial charge in [-0.3, -0.25) is 14.4 Å². The van der Waals surface area contributed by atoms with E-state index in [9.17, 15) is 32.3 Å². The molecule has 0 aromatic heterocycles. The molecule has 8 nitrogen and oxygen atoms in total. The molecule has 0 heterocycles. The first-order valence-corrected chi connectivity index (χ1v) is 7.96. The maximum atomic E-state index is 13.5. The Kier molecular flexibility index (Phi) is 6.90. The van der Waals surface area contributed by atoms with E-state index < -0.39 is 60.0 Å². The number of ether oxygens (including phenoxy) is 1. The maximum absolute atomic E-state index is 13.5. The van der Waals surface area contributed by atoms with Gasteiger partial charge in [-0.2, -0.15) is 0 Å². The number of carbonyl (C=O) groups excluding carboxylic acids is 4. The van der Waals surface area contributed by atoms with Crippen LogP contribution in [0.2, 0.25) is 0 Å².